The summed E-state index contributed by atoms with van der Waals surface area (Å²) in [6.45, 7) is 4.85. The molecular formula is C20H27N5O. The molecule has 1 aliphatic heterocycles. The fraction of sp³-hybridized carbons (Fsp3) is 0.550. The van der Waals surface area contributed by atoms with Crippen LogP contribution in [0.2, 0.25) is 0 Å². The predicted molar refractivity (Wildman–Crippen MR) is 101 cm³/mol. The third-order valence-electron chi connectivity index (χ3n) is 5.75. The fourth-order valence-corrected chi connectivity index (χ4v) is 4.37. The summed E-state index contributed by atoms with van der Waals surface area (Å²) in [4.78, 5) is 14.9. The Morgan fingerprint density at radius 1 is 1.15 bits per heavy atom. The molecule has 2 aliphatic rings. The van der Waals surface area contributed by atoms with E-state index < -0.39 is 0 Å². The first kappa shape index (κ1) is 17.1. The van der Waals surface area contributed by atoms with Gasteiger partial charge < -0.3 is 14.8 Å². The van der Waals surface area contributed by atoms with Crippen LogP contribution in [0.1, 0.15) is 67.6 Å². The zero-order valence-corrected chi connectivity index (χ0v) is 15.6. The summed E-state index contributed by atoms with van der Waals surface area (Å²) >= 11 is 0. The average molecular weight is 353 g/mol. The van der Waals surface area contributed by atoms with Crippen molar-refractivity contribution in [3.63, 3.8) is 0 Å². The Kier molecular flexibility index (Phi) is 4.66. The van der Waals surface area contributed by atoms with Crippen molar-refractivity contribution in [3.8, 4) is 0 Å². The Balaban J connectivity index is 1.53. The molecule has 138 valence electrons. The van der Waals surface area contributed by atoms with E-state index in [2.05, 4.69) is 33.1 Å². The molecule has 4 rings (SSSR count). The number of rotatable bonds is 3. The van der Waals surface area contributed by atoms with Crippen LogP contribution in [0, 0.1) is 13.8 Å². The third kappa shape index (κ3) is 3.20. The van der Waals surface area contributed by atoms with Crippen LogP contribution >= 0.6 is 0 Å². The molecule has 2 aromatic rings. The molecule has 6 nitrogen and oxygen atoms in total. The van der Waals surface area contributed by atoms with E-state index in [4.69, 9.17) is 0 Å². The second-order valence-electron chi connectivity index (χ2n) is 7.63. The lowest BCUT2D eigenvalue weighted by atomic mass is 10.1. The second kappa shape index (κ2) is 7.09. The van der Waals surface area contributed by atoms with Crippen LogP contribution in [-0.2, 0) is 0 Å². The second-order valence-corrected chi connectivity index (χ2v) is 7.63. The molecule has 0 radical (unpaired) electrons. The molecule has 2 fully saturated rings. The summed E-state index contributed by atoms with van der Waals surface area (Å²) in [6, 6.07) is 6.57. The van der Waals surface area contributed by atoms with Gasteiger partial charge in [0.05, 0.1) is 6.04 Å². The highest BCUT2D eigenvalue weighted by atomic mass is 16.2. The number of aryl methyl sites for hydroxylation is 2. The summed E-state index contributed by atoms with van der Waals surface area (Å²) in [7, 11) is 0. The first-order chi connectivity index (χ1) is 12.6. The van der Waals surface area contributed by atoms with Gasteiger partial charge >= 0.3 is 6.03 Å². The van der Waals surface area contributed by atoms with E-state index in [1.165, 1.54) is 31.2 Å². The number of hydrogen-bond acceptors (Lipinski definition) is 3. The molecule has 2 heterocycles. The summed E-state index contributed by atoms with van der Waals surface area (Å²) in [5.74, 6) is 0.949. The van der Waals surface area contributed by atoms with E-state index in [1.807, 2.05) is 30.3 Å². The van der Waals surface area contributed by atoms with Crippen molar-refractivity contribution in [3.05, 3.63) is 41.5 Å². The topological polar surface area (TPSA) is 63.1 Å². The number of amides is 2. The van der Waals surface area contributed by atoms with Crippen LogP contribution in [0.15, 0.2) is 24.5 Å². The van der Waals surface area contributed by atoms with E-state index in [0.29, 0.717) is 6.04 Å². The minimum Gasteiger partial charge on any atom is -0.314 e. The van der Waals surface area contributed by atoms with Crippen LogP contribution < -0.4 is 5.32 Å². The van der Waals surface area contributed by atoms with Crippen molar-refractivity contribution >= 4 is 11.7 Å². The number of anilines is 1. The van der Waals surface area contributed by atoms with Gasteiger partial charge in [0.25, 0.3) is 0 Å². The standard InChI is InChI=1S/C20H27N5O/c1-14-9-10-17(15(2)12-14)22-20(26)24-11-5-8-18(24)19-23-21-13-25(19)16-6-3-4-7-16/h9-10,12-13,16,18H,3-8,11H2,1-2H3,(H,22,26). The molecule has 0 spiro atoms. The number of aromatic nitrogens is 3. The summed E-state index contributed by atoms with van der Waals surface area (Å²) in [5.41, 5.74) is 3.16. The van der Waals surface area contributed by atoms with Crippen molar-refractivity contribution in [1.29, 1.82) is 0 Å². The van der Waals surface area contributed by atoms with Gasteiger partial charge in [-0.05, 0) is 51.2 Å². The highest BCUT2D eigenvalue weighted by molar-refractivity contribution is 5.90. The van der Waals surface area contributed by atoms with E-state index in [9.17, 15) is 4.79 Å². The Morgan fingerprint density at radius 3 is 2.73 bits per heavy atom. The number of benzene rings is 1. The quantitative estimate of drug-likeness (QED) is 0.891. The van der Waals surface area contributed by atoms with Crippen LogP contribution in [0.3, 0.4) is 0 Å². The minimum atomic E-state index is -0.0413. The molecule has 1 unspecified atom stereocenters. The number of carbonyl (C=O) groups excluding carboxylic acids is 1. The molecule has 1 atom stereocenters. The molecule has 0 bridgehead atoms. The highest BCUT2D eigenvalue weighted by Gasteiger charge is 2.35. The molecule has 1 aromatic carbocycles. The number of carbonyl (C=O) groups is 1. The van der Waals surface area contributed by atoms with Gasteiger partial charge in [0.15, 0.2) is 5.82 Å². The zero-order valence-electron chi connectivity index (χ0n) is 15.6. The predicted octanol–water partition coefficient (Wildman–Crippen LogP) is 4.38. The first-order valence-electron chi connectivity index (χ1n) is 9.68. The van der Waals surface area contributed by atoms with E-state index >= 15 is 0 Å². The fourth-order valence-electron chi connectivity index (χ4n) is 4.37. The number of urea groups is 1. The molecular weight excluding hydrogens is 326 g/mol. The maximum atomic E-state index is 12.9. The highest BCUT2D eigenvalue weighted by Crippen LogP contribution is 2.36. The average Bonchev–Trinajstić information content (AvgIpc) is 3.37. The minimum absolute atomic E-state index is 0.0175. The van der Waals surface area contributed by atoms with Gasteiger partial charge in [-0.3, -0.25) is 0 Å². The lowest BCUT2D eigenvalue weighted by Crippen LogP contribution is -2.36. The summed E-state index contributed by atoms with van der Waals surface area (Å²) in [6.07, 6.45) is 8.71. The Hall–Kier alpha value is -2.37. The van der Waals surface area contributed by atoms with E-state index in [1.54, 1.807) is 0 Å². The Bertz CT molecular complexity index is 793. The number of likely N-dealkylation sites (tertiary alicyclic amines) is 1. The lowest BCUT2D eigenvalue weighted by molar-refractivity contribution is 0.203. The molecule has 6 heteroatoms. The molecule has 1 saturated carbocycles. The van der Waals surface area contributed by atoms with E-state index in [0.717, 1.165) is 36.5 Å². The van der Waals surface area contributed by atoms with Crippen molar-refractivity contribution in [1.82, 2.24) is 19.7 Å². The summed E-state index contributed by atoms with van der Waals surface area (Å²) in [5, 5.41) is 11.7. The Morgan fingerprint density at radius 2 is 1.96 bits per heavy atom. The van der Waals surface area contributed by atoms with Gasteiger partial charge in [-0.25, -0.2) is 4.79 Å². The number of nitrogens with zero attached hydrogens (tertiary/aromatic N) is 4. The lowest BCUT2D eigenvalue weighted by Gasteiger charge is -2.26. The molecule has 1 saturated heterocycles. The molecule has 26 heavy (non-hydrogen) atoms. The number of hydrogen-bond donors (Lipinski definition) is 1. The smallest absolute Gasteiger partial charge is 0.314 e. The van der Waals surface area contributed by atoms with Crippen LogP contribution in [0.5, 0.6) is 0 Å². The van der Waals surface area contributed by atoms with Gasteiger partial charge in [0, 0.05) is 18.3 Å². The van der Waals surface area contributed by atoms with Crippen LogP contribution in [0.25, 0.3) is 0 Å². The molecule has 1 aromatic heterocycles. The van der Waals surface area contributed by atoms with Gasteiger partial charge in [-0.2, -0.15) is 0 Å². The van der Waals surface area contributed by atoms with Gasteiger partial charge in [-0.15, -0.1) is 10.2 Å². The van der Waals surface area contributed by atoms with Crippen LogP contribution in [-0.4, -0.2) is 32.2 Å². The van der Waals surface area contributed by atoms with E-state index in [-0.39, 0.29) is 12.1 Å². The van der Waals surface area contributed by atoms with Gasteiger partial charge in [0.2, 0.25) is 0 Å². The largest absolute Gasteiger partial charge is 0.322 e. The molecule has 1 aliphatic carbocycles. The molecule has 2 amide bonds. The number of nitrogens with one attached hydrogen (secondary N) is 1. The van der Waals surface area contributed by atoms with Gasteiger partial charge in [0.1, 0.15) is 6.33 Å². The first-order valence-corrected chi connectivity index (χ1v) is 9.68. The monoisotopic (exact) mass is 353 g/mol. The maximum absolute atomic E-state index is 12.9. The summed E-state index contributed by atoms with van der Waals surface area (Å²) < 4.78 is 2.22. The third-order valence-corrected chi connectivity index (χ3v) is 5.75. The SMILES string of the molecule is Cc1ccc(NC(=O)N2CCCC2c2nncn2C2CCCC2)c(C)c1. The normalized spacial score (nSPS) is 20.7. The zero-order chi connectivity index (χ0) is 18.1. The van der Waals surface area contributed by atoms with Crippen molar-refractivity contribution in [2.75, 3.05) is 11.9 Å². The van der Waals surface area contributed by atoms with Gasteiger partial charge in [-0.1, -0.05) is 30.5 Å². The van der Waals surface area contributed by atoms with Crippen molar-refractivity contribution < 1.29 is 4.79 Å². The van der Waals surface area contributed by atoms with Crippen molar-refractivity contribution in [2.45, 2.75) is 64.5 Å². The van der Waals surface area contributed by atoms with Crippen LogP contribution in [0.4, 0.5) is 10.5 Å². The molecule has 1 N–H and O–H groups in total. The Labute approximate surface area is 154 Å². The van der Waals surface area contributed by atoms with Crippen molar-refractivity contribution in [2.24, 2.45) is 0 Å². The maximum Gasteiger partial charge on any atom is 0.322 e.